The summed E-state index contributed by atoms with van der Waals surface area (Å²) in [6.07, 6.45) is 7.00. The highest BCUT2D eigenvalue weighted by Gasteiger charge is 2.01. The SMILES string of the molecule is CSc1ncc(C=CCCNC(=O)OCc2ccccc2)c(=O)[nH]1. The summed E-state index contributed by atoms with van der Waals surface area (Å²) in [6, 6.07) is 9.48. The van der Waals surface area contributed by atoms with E-state index in [1.165, 1.54) is 18.0 Å². The van der Waals surface area contributed by atoms with Gasteiger partial charge in [0.1, 0.15) is 6.61 Å². The van der Waals surface area contributed by atoms with E-state index in [0.29, 0.717) is 23.7 Å². The number of amides is 1. The van der Waals surface area contributed by atoms with Gasteiger partial charge < -0.3 is 15.0 Å². The maximum Gasteiger partial charge on any atom is 0.407 e. The fraction of sp³-hybridized carbons (Fsp3) is 0.235. The average Bonchev–Trinajstić information content (AvgIpc) is 2.61. The van der Waals surface area contributed by atoms with Crippen LogP contribution < -0.4 is 10.9 Å². The van der Waals surface area contributed by atoms with Crippen LogP contribution >= 0.6 is 11.8 Å². The first-order chi connectivity index (χ1) is 11.7. The third-order valence-corrected chi connectivity index (χ3v) is 3.68. The number of hydrogen-bond donors (Lipinski definition) is 2. The summed E-state index contributed by atoms with van der Waals surface area (Å²) in [5.41, 5.74) is 1.24. The summed E-state index contributed by atoms with van der Waals surface area (Å²) < 4.78 is 5.10. The molecule has 0 aliphatic carbocycles. The molecule has 7 heteroatoms. The Morgan fingerprint density at radius 1 is 1.38 bits per heavy atom. The zero-order valence-corrected chi connectivity index (χ0v) is 14.1. The van der Waals surface area contributed by atoms with Gasteiger partial charge in [0.2, 0.25) is 0 Å². The first-order valence-corrected chi connectivity index (χ1v) is 8.66. The van der Waals surface area contributed by atoms with Crippen LogP contribution in [0.4, 0.5) is 4.79 Å². The van der Waals surface area contributed by atoms with Gasteiger partial charge in [0.05, 0.1) is 5.56 Å². The van der Waals surface area contributed by atoms with E-state index in [4.69, 9.17) is 4.74 Å². The maximum atomic E-state index is 11.7. The number of nitrogens with one attached hydrogen (secondary N) is 2. The minimum Gasteiger partial charge on any atom is -0.445 e. The molecule has 0 atom stereocenters. The Hall–Kier alpha value is -2.54. The lowest BCUT2D eigenvalue weighted by Crippen LogP contribution is -2.24. The number of carbonyl (C=O) groups is 1. The average molecular weight is 345 g/mol. The number of H-pyrrole nitrogens is 1. The van der Waals surface area contributed by atoms with E-state index in [1.807, 2.05) is 42.7 Å². The fourth-order valence-corrected chi connectivity index (χ4v) is 2.21. The molecule has 24 heavy (non-hydrogen) atoms. The largest absolute Gasteiger partial charge is 0.445 e. The Morgan fingerprint density at radius 2 is 2.17 bits per heavy atom. The molecule has 0 fully saturated rings. The second kappa shape index (κ2) is 9.57. The van der Waals surface area contributed by atoms with Gasteiger partial charge >= 0.3 is 6.09 Å². The Labute approximate surface area is 144 Å². The Kier molecular flexibility index (Phi) is 7.10. The van der Waals surface area contributed by atoms with Gasteiger partial charge in [0, 0.05) is 12.7 Å². The fourth-order valence-electron chi connectivity index (χ4n) is 1.85. The smallest absolute Gasteiger partial charge is 0.407 e. The Morgan fingerprint density at radius 3 is 2.88 bits per heavy atom. The van der Waals surface area contributed by atoms with E-state index >= 15 is 0 Å². The normalized spacial score (nSPS) is 10.7. The zero-order valence-electron chi connectivity index (χ0n) is 13.3. The molecule has 0 aliphatic rings. The highest BCUT2D eigenvalue weighted by atomic mass is 32.2. The van der Waals surface area contributed by atoms with Crippen molar-refractivity contribution in [2.45, 2.75) is 18.2 Å². The number of thioether (sulfide) groups is 1. The number of nitrogens with zero attached hydrogens (tertiary/aromatic N) is 1. The third kappa shape index (κ3) is 5.92. The van der Waals surface area contributed by atoms with Gasteiger partial charge in [-0.2, -0.15) is 0 Å². The highest BCUT2D eigenvalue weighted by Crippen LogP contribution is 2.05. The number of hydrogen-bond acceptors (Lipinski definition) is 5. The quantitative estimate of drug-likeness (QED) is 0.458. The van der Waals surface area contributed by atoms with E-state index in [1.54, 1.807) is 6.08 Å². The van der Waals surface area contributed by atoms with Crippen LogP contribution in [0, 0.1) is 0 Å². The van der Waals surface area contributed by atoms with E-state index in [-0.39, 0.29) is 12.2 Å². The molecular weight excluding hydrogens is 326 g/mol. The number of aromatic amines is 1. The lowest BCUT2D eigenvalue weighted by atomic mass is 10.2. The first kappa shape index (κ1) is 17.8. The predicted molar refractivity (Wildman–Crippen MR) is 94.9 cm³/mol. The van der Waals surface area contributed by atoms with Crippen molar-refractivity contribution in [1.29, 1.82) is 0 Å². The topological polar surface area (TPSA) is 84.1 Å². The van der Waals surface area contributed by atoms with Gasteiger partial charge in [0.15, 0.2) is 5.16 Å². The van der Waals surface area contributed by atoms with Crippen molar-refractivity contribution in [3.05, 3.63) is 64.1 Å². The molecule has 0 radical (unpaired) electrons. The van der Waals surface area contributed by atoms with Gasteiger partial charge in [-0.05, 0) is 18.2 Å². The summed E-state index contributed by atoms with van der Waals surface area (Å²) >= 11 is 1.38. The molecule has 1 heterocycles. The van der Waals surface area contributed by atoms with Crippen molar-refractivity contribution < 1.29 is 9.53 Å². The summed E-state index contributed by atoms with van der Waals surface area (Å²) in [7, 11) is 0. The second-order valence-corrected chi connectivity index (χ2v) is 5.65. The second-order valence-electron chi connectivity index (χ2n) is 4.86. The minimum absolute atomic E-state index is 0.180. The van der Waals surface area contributed by atoms with Crippen LogP contribution in [-0.4, -0.2) is 28.9 Å². The van der Waals surface area contributed by atoms with Crippen LogP contribution in [0.25, 0.3) is 6.08 Å². The molecule has 0 bridgehead atoms. The van der Waals surface area contributed by atoms with E-state index in [9.17, 15) is 9.59 Å². The van der Waals surface area contributed by atoms with Crippen molar-refractivity contribution >= 4 is 23.9 Å². The molecule has 0 spiro atoms. The van der Waals surface area contributed by atoms with Gasteiger partial charge in [-0.25, -0.2) is 9.78 Å². The molecule has 2 rings (SSSR count). The molecule has 1 aromatic heterocycles. The first-order valence-electron chi connectivity index (χ1n) is 7.43. The molecule has 1 amide bonds. The molecule has 0 aliphatic heterocycles. The summed E-state index contributed by atoms with van der Waals surface area (Å²) in [5.74, 6) is 0. The number of ether oxygens (including phenoxy) is 1. The van der Waals surface area contributed by atoms with Crippen LogP contribution in [0.5, 0.6) is 0 Å². The zero-order chi connectivity index (χ0) is 17.2. The van der Waals surface area contributed by atoms with Crippen molar-refractivity contribution in [1.82, 2.24) is 15.3 Å². The highest BCUT2D eigenvalue weighted by molar-refractivity contribution is 7.98. The number of aromatic nitrogens is 2. The van der Waals surface area contributed by atoms with Crippen molar-refractivity contribution in [3.8, 4) is 0 Å². The van der Waals surface area contributed by atoms with Gasteiger partial charge in [-0.3, -0.25) is 4.79 Å². The van der Waals surface area contributed by atoms with Gasteiger partial charge in [-0.15, -0.1) is 0 Å². The molecule has 0 saturated carbocycles. The molecule has 2 aromatic rings. The number of carbonyl (C=O) groups excluding carboxylic acids is 1. The Bertz CT molecular complexity index is 744. The van der Waals surface area contributed by atoms with Crippen molar-refractivity contribution in [2.24, 2.45) is 0 Å². The molecule has 126 valence electrons. The molecule has 2 N–H and O–H groups in total. The minimum atomic E-state index is -0.462. The summed E-state index contributed by atoms with van der Waals surface area (Å²) in [6.45, 7) is 0.670. The van der Waals surface area contributed by atoms with Crippen LogP contribution in [0.1, 0.15) is 17.5 Å². The van der Waals surface area contributed by atoms with Crippen LogP contribution in [0.3, 0.4) is 0 Å². The van der Waals surface area contributed by atoms with Gasteiger partial charge in [-0.1, -0.05) is 54.2 Å². The van der Waals surface area contributed by atoms with Gasteiger partial charge in [0.25, 0.3) is 5.56 Å². The number of benzene rings is 1. The van der Waals surface area contributed by atoms with E-state index in [2.05, 4.69) is 15.3 Å². The van der Waals surface area contributed by atoms with Crippen LogP contribution in [0.15, 0.2) is 52.6 Å². The van der Waals surface area contributed by atoms with Crippen LogP contribution in [0.2, 0.25) is 0 Å². The molecule has 1 aromatic carbocycles. The predicted octanol–water partition coefficient (Wildman–Crippen LogP) is 2.82. The molecule has 0 saturated heterocycles. The molecular formula is C17H19N3O3S. The van der Waals surface area contributed by atoms with Crippen molar-refractivity contribution in [3.63, 3.8) is 0 Å². The summed E-state index contributed by atoms with van der Waals surface area (Å²) in [4.78, 5) is 30.1. The lowest BCUT2D eigenvalue weighted by Gasteiger charge is -2.05. The lowest BCUT2D eigenvalue weighted by molar-refractivity contribution is 0.140. The standard InChI is InChI=1S/C17H19N3O3S/c1-24-16-19-11-14(15(21)20-16)9-5-6-10-18-17(22)23-12-13-7-3-2-4-8-13/h2-5,7-9,11H,6,10,12H2,1H3,(H,18,22)(H,19,20,21). The maximum absolute atomic E-state index is 11.7. The number of rotatable bonds is 7. The van der Waals surface area contributed by atoms with Crippen LogP contribution in [-0.2, 0) is 11.3 Å². The molecule has 0 unspecified atom stereocenters. The van der Waals surface area contributed by atoms with Crippen molar-refractivity contribution in [2.75, 3.05) is 12.8 Å². The van der Waals surface area contributed by atoms with E-state index < -0.39 is 6.09 Å². The summed E-state index contributed by atoms with van der Waals surface area (Å²) in [5, 5.41) is 3.24. The van der Waals surface area contributed by atoms with E-state index in [0.717, 1.165) is 5.56 Å². The molecule has 6 nitrogen and oxygen atoms in total. The number of alkyl carbamates (subject to hydrolysis) is 1. The Balaban J connectivity index is 1.68. The third-order valence-electron chi connectivity index (χ3n) is 3.09. The monoisotopic (exact) mass is 345 g/mol.